The molecule has 7 nitrogen and oxygen atoms in total. The molecule has 0 aromatic heterocycles. The first-order valence-electron chi connectivity index (χ1n) is 11.6. The summed E-state index contributed by atoms with van der Waals surface area (Å²) in [6.45, 7) is 19.6. The van der Waals surface area contributed by atoms with E-state index < -0.39 is 12.7 Å². The molecular weight excluding hydrogens is 407 g/mol. The maximum absolute atomic E-state index is 12.4. The van der Waals surface area contributed by atoms with Crippen molar-refractivity contribution in [2.45, 2.75) is 78.2 Å². The molecule has 8 heteroatoms. The number of carbonyl (C=O) groups is 1. The fourth-order valence-corrected chi connectivity index (χ4v) is 3.85. The van der Waals surface area contributed by atoms with Crippen LogP contribution in [0, 0.1) is 0 Å². The van der Waals surface area contributed by atoms with Crippen LogP contribution < -0.4 is 10.2 Å². The average molecular weight is 446 g/mol. The summed E-state index contributed by atoms with van der Waals surface area (Å²) in [5.41, 5.74) is -0.254. The van der Waals surface area contributed by atoms with Crippen LogP contribution in [0.1, 0.15) is 55.4 Å². The van der Waals surface area contributed by atoms with Gasteiger partial charge in [0.1, 0.15) is 18.0 Å². The quantitative estimate of drug-likeness (QED) is 0.647. The fraction of sp³-hybridized carbons (Fsp3) is 0.708. The third-order valence-electron chi connectivity index (χ3n) is 6.40. The first-order valence-corrected chi connectivity index (χ1v) is 11.6. The largest absolute Gasteiger partial charge is 0.494 e. The second-order valence-electron chi connectivity index (χ2n) is 10.8. The number of piperazine rings is 1. The van der Waals surface area contributed by atoms with Crippen LogP contribution in [-0.2, 0) is 14.0 Å². The van der Waals surface area contributed by atoms with Gasteiger partial charge in [0.25, 0.3) is 0 Å². The molecule has 0 saturated carbocycles. The highest BCUT2D eigenvalue weighted by Crippen LogP contribution is 2.36. The number of amides is 1. The van der Waals surface area contributed by atoms with Crippen LogP contribution in [0.25, 0.3) is 0 Å². The van der Waals surface area contributed by atoms with E-state index in [-0.39, 0.29) is 23.3 Å². The highest BCUT2D eigenvalue weighted by atomic mass is 16.7. The van der Waals surface area contributed by atoms with Crippen molar-refractivity contribution < 1.29 is 23.6 Å². The number of ether oxygens (including phenoxy) is 2. The van der Waals surface area contributed by atoms with Crippen LogP contribution in [0.15, 0.2) is 24.3 Å². The van der Waals surface area contributed by atoms with E-state index in [9.17, 15) is 4.79 Å². The summed E-state index contributed by atoms with van der Waals surface area (Å²) < 4.78 is 23.8. The predicted molar refractivity (Wildman–Crippen MR) is 126 cm³/mol. The Morgan fingerprint density at radius 1 is 1.16 bits per heavy atom. The van der Waals surface area contributed by atoms with Gasteiger partial charge in [-0.05, 0) is 73.0 Å². The summed E-state index contributed by atoms with van der Waals surface area (Å²) in [6.07, 6.45) is -0.236. The Balaban J connectivity index is 1.48. The molecule has 0 radical (unpaired) electrons. The molecule has 2 aliphatic heterocycles. The van der Waals surface area contributed by atoms with Crippen molar-refractivity contribution in [3.8, 4) is 5.75 Å². The highest BCUT2D eigenvalue weighted by Gasteiger charge is 2.51. The minimum absolute atomic E-state index is 0.102. The lowest BCUT2D eigenvalue weighted by Crippen LogP contribution is -2.55. The summed E-state index contributed by atoms with van der Waals surface area (Å²) >= 11 is 0. The number of nitrogens with zero attached hydrogens (tertiary/aromatic N) is 2. The van der Waals surface area contributed by atoms with Gasteiger partial charge in [-0.3, -0.25) is 4.90 Å². The van der Waals surface area contributed by atoms with Crippen molar-refractivity contribution in [1.82, 2.24) is 9.80 Å². The molecule has 1 amide bonds. The summed E-state index contributed by atoms with van der Waals surface area (Å²) in [7, 11) is -0.398. The Bertz CT molecular complexity index is 792. The Hall–Kier alpha value is -1.77. The van der Waals surface area contributed by atoms with E-state index in [1.807, 2.05) is 49.9 Å². The smallest absolute Gasteiger partial charge is 0.492 e. The van der Waals surface area contributed by atoms with Crippen LogP contribution in [-0.4, -0.2) is 78.6 Å². The zero-order chi connectivity index (χ0) is 23.7. The van der Waals surface area contributed by atoms with Gasteiger partial charge >= 0.3 is 13.2 Å². The molecule has 0 aliphatic carbocycles. The van der Waals surface area contributed by atoms with Crippen LogP contribution >= 0.6 is 0 Å². The van der Waals surface area contributed by atoms with Gasteiger partial charge in [0.15, 0.2) is 0 Å². The number of carbonyl (C=O) groups excluding carboxylic acids is 1. The van der Waals surface area contributed by atoms with Gasteiger partial charge in [-0.1, -0.05) is 12.1 Å². The van der Waals surface area contributed by atoms with Crippen LogP contribution in [0.4, 0.5) is 4.79 Å². The van der Waals surface area contributed by atoms with Gasteiger partial charge in [-0.15, -0.1) is 0 Å². The van der Waals surface area contributed by atoms with E-state index in [2.05, 4.69) is 39.5 Å². The van der Waals surface area contributed by atoms with E-state index >= 15 is 0 Å². The molecule has 3 rings (SSSR count). The van der Waals surface area contributed by atoms with E-state index in [0.717, 1.165) is 30.8 Å². The van der Waals surface area contributed by atoms with Crippen LogP contribution in [0.3, 0.4) is 0 Å². The Labute approximate surface area is 193 Å². The van der Waals surface area contributed by atoms with Crippen LogP contribution in [0.5, 0.6) is 5.75 Å². The van der Waals surface area contributed by atoms with E-state index in [4.69, 9.17) is 18.8 Å². The number of hydrogen-bond acceptors (Lipinski definition) is 6. The third kappa shape index (κ3) is 5.97. The van der Waals surface area contributed by atoms with Crippen molar-refractivity contribution in [2.24, 2.45) is 0 Å². The van der Waals surface area contributed by atoms with Gasteiger partial charge in [0.2, 0.25) is 0 Å². The van der Waals surface area contributed by atoms with Gasteiger partial charge in [-0.25, -0.2) is 4.79 Å². The van der Waals surface area contributed by atoms with Gasteiger partial charge in [-0.2, -0.15) is 0 Å². The molecule has 1 aromatic rings. The van der Waals surface area contributed by atoms with Crippen molar-refractivity contribution in [3.63, 3.8) is 0 Å². The molecule has 0 N–H and O–H groups in total. The maximum atomic E-state index is 12.4. The minimum Gasteiger partial charge on any atom is -0.492 e. The Morgan fingerprint density at radius 3 is 2.41 bits per heavy atom. The van der Waals surface area contributed by atoms with Gasteiger partial charge in [0, 0.05) is 32.2 Å². The molecule has 1 unspecified atom stereocenters. The van der Waals surface area contributed by atoms with Gasteiger partial charge in [0.05, 0.1) is 11.2 Å². The Morgan fingerprint density at radius 2 is 1.81 bits per heavy atom. The monoisotopic (exact) mass is 446 g/mol. The van der Waals surface area contributed by atoms with E-state index in [1.165, 1.54) is 0 Å². The summed E-state index contributed by atoms with van der Waals surface area (Å²) in [4.78, 5) is 16.5. The van der Waals surface area contributed by atoms with Gasteiger partial charge < -0.3 is 23.7 Å². The summed E-state index contributed by atoms with van der Waals surface area (Å²) in [5, 5.41) is 0. The zero-order valence-electron chi connectivity index (χ0n) is 20.9. The lowest BCUT2D eigenvalue weighted by molar-refractivity contribution is 0.000356. The second-order valence-corrected chi connectivity index (χ2v) is 10.8. The molecular formula is C24H39BN2O5. The number of rotatable bonds is 5. The summed E-state index contributed by atoms with van der Waals surface area (Å²) in [6, 6.07) is 8.03. The molecule has 178 valence electrons. The molecule has 1 atom stereocenters. The lowest BCUT2D eigenvalue weighted by Gasteiger charge is -2.40. The van der Waals surface area contributed by atoms with Crippen molar-refractivity contribution >= 4 is 18.7 Å². The summed E-state index contributed by atoms with van der Waals surface area (Å²) in [5.74, 6) is 0.803. The van der Waals surface area contributed by atoms with Crippen molar-refractivity contribution in [3.05, 3.63) is 24.3 Å². The molecule has 32 heavy (non-hydrogen) atoms. The highest BCUT2D eigenvalue weighted by molar-refractivity contribution is 6.62. The lowest BCUT2D eigenvalue weighted by atomic mass is 9.79. The number of benzene rings is 1. The molecule has 2 fully saturated rings. The topological polar surface area (TPSA) is 60.5 Å². The molecule has 0 spiro atoms. The molecule has 1 aromatic carbocycles. The van der Waals surface area contributed by atoms with E-state index in [1.54, 1.807) is 0 Å². The first-order chi connectivity index (χ1) is 14.8. The molecule has 2 aliphatic rings. The fourth-order valence-electron chi connectivity index (χ4n) is 3.85. The van der Waals surface area contributed by atoms with Crippen molar-refractivity contribution in [1.29, 1.82) is 0 Å². The maximum Gasteiger partial charge on any atom is 0.494 e. The molecule has 2 saturated heterocycles. The Kier molecular flexibility index (Phi) is 7.18. The third-order valence-corrected chi connectivity index (χ3v) is 6.40. The number of hydrogen-bond donors (Lipinski definition) is 0. The zero-order valence-corrected chi connectivity index (χ0v) is 20.9. The normalized spacial score (nSPS) is 23.3. The average Bonchev–Trinajstić information content (AvgIpc) is 2.88. The van der Waals surface area contributed by atoms with E-state index in [0.29, 0.717) is 13.2 Å². The predicted octanol–water partition coefficient (Wildman–Crippen LogP) is 3.31. The molecule has 0 bridgehead atoms. The molecule has 2 heterocycles. The van der Waals surface area contributed by atoms with Crippen molar-refractivity contribution in [2.75, 3.05) is 32.8 Å². The van der Waals surface area contributed by atoms with Crippen LogP contribution in [0.2, 0.25) is 0 Å². The standard InChI is InChI=1S/C24H39BN2O5/c1-18-17-26(12-13-27(18)21(28)30-22(2,3)4)14-15-29-20-11-9-10-19(16-20)25-31-23(5,6)24(7,8)32-25/h9-11,16,18H,12-15,17H2,1-8H3. The second kappa shape index (κ2) is 9.24. The minimum atomic E-state index is -0.476. The SMILES string of the molecule is CC1CN(CCOc2cccc(B3OC(C)(C)C(C)(C)O3)c2)CCN1C(=O)OC(C)(C)C. The first kappa shape index (κ1) is 24.9.